The van der Waals surface area contributed by atoms with E-state index in [1.165, 1.54) is 0 Å². The maximum Gasteiger partial charge on any atom is 0.252 e. The summed E-state index contributed by atoms with van der Waals surface area (Å²) >= 11 is 0. The van der Waals surface area contributed by atoms with E-state index in [1.807, 2.05) is 45.9 Å². The highest BCUT2D eigenvalue weighted by Gasteiger charge is 2.36. The molecule has 2 N–H and O–H groups in total. The van der Waals surface area contributed by atoms with Gasteiger partial charge in [0, 0.05) is 5.56 Å². The average molecular weight is 249 g/mol. The molecule has 0 saturated heterocycles. The molecule has 0 unspecified atom stereocenters. The molecule has 1 aromatic carbocycles. The van der Waals surface area contributed by atoms with Crippen LogP contribution in [-0.4, -0.2) is 22.2 Å². The lowest BCUT2D eigenvalue weighted by Gasteiger charge is -2.38. The van der Waals surface area contributed by atoms with Crippen molar-refractivity contribution in [2.24, 2.45) is 0 Å². The molecule has 100 valence electrons. The summed E-state index contributed by atoms with van der Waals surface area (Å²) in [5.41, 5.74) is 0.962. The van der Waals surface area contributed by atoms with Crippen LogP contribution >= 0.6 is 0 Å². The molecule has 3 heteroatoms. The van der Waals surface area contributed by atoms with E-state index in [2.05, 4.69) is 5.32 Å². The maximum atomic E-state index is 12.3. The van der Waals surface area contributed by atoms with Crippen LogP contribution in [0.4, 0.5) is 0 Å². The topological polar surface area (TPSA) is 49.3 Å². The average Bonchev–Trinajstić information content (AvgIpc) is 2.19. The van der Waals surface area contributed by atoms with Crippen LogP contribution < -0.4 is 5.32 Å². The first-order chi connectivity index (χ1) is 8.04. The second-order valence-corrected chi connectivity index (χ2v) is 5.96. The molecule has 0 fully saturated rings. The number of rotatable bonds is 3. The van der Waals surface area contributed by atoms with Crippen LogP contribution in [0.15, 0.2) is 18.2 Å². The first-order valence-electron chi connectivity index (χ1n) is 6.17. The van der Waals surface area contributed by atoms with E-state index in [0.717, 1.165) is 11.1 Å². The highest BCUT2D eigenvalue weighted by Crippen LogP contribution is 2.21. The summed E-state index contributed by atoms with van der Waals surface area (Å²) in [5, 5.41) is 12.9. The van der Waals surface area contributed by atoms with Crippen molar-refractivity contribution in [2.45, 2.75) is 52.7 Å². The van der Waals surface area contributed by atoms with E-state index in [9.17, 15) is 9.90 Å². The third kappa shape index (κ3) is 3.10. The number of carbonyl (C=O) groups is 1. The van der Waals surface area contributed by atoms with Gasteiger partial charge in [-0.3, -0.25) is 4.79 Å². The van der Waals surface area contributed by atoms with Crippen LogP contribution in [0.1, 0.15) is 49.2 Å². The van der Waals surface area contributed by atoms with E-state index in [0.29, 0.717) is 5.56 Å². The summed E-state index contributed by atoms with van der Waals surface area (Å²) in [6.07, 6.45) is 0. The van der Waals surface area contributed by atoms with E-state index in [1.54, 1.807) is 13.8 Å². The van der Waals surface area contributed by atoms with E-state index in [4.69, 9.17) is 0 Å². The van der Waals surface area contributed by atoms with Gasteiger partial charge in [-0.15, -0.1) is 0 Å². The lowest BCUT2D eigenvalue weighted by atomic mass is 9.85. The Bertz CT molecular complexity index is 456. The highest BCUT2D eigenvalue weighted by molar-refractivity contribution is 5.96. The van der Waals surface area contributed by atoms with Crippen molar-refractivity contribution in [3.8, 4) is 0 Å². The van der Waals surface area contributed by atoms with Crippen LogP contribution in [-0.2, 0) is 0 Å². The van der Waals surface area contributed by atoms with Gasteiger partial charge in [-0.05, 0) is 53.2 Å². The summed E-state index contributed by atoms with van der Waals surface area (Å²) in [6.45, 7) is 10.9. The molecule has 0 radical (unpaired) electrons. The fourth-order valence-electron chi connectivity index (χ4n) is 1.48. The molecular formula is C15H23NO2. The zero-order chi connectivity index (χ0) is 14.1. The molecule has 1 aromatic rings. The Hall–Kier alpha value is -1.35. The third-order valence-corrected chi connectivity index (χ3v) is 3.59. The monoisotopic (exact) mass is 249 g/mol. The van der Waals surface area contributed by atoms with Crippen LogP contribution in [0.5, 0.6) is 0 Å². The molecule has 0 spiro atoms. The number of carbonyl (C=O) groups excluding carboxylic acids is 1. The maximum absolute atomic E-state index is 12.3. The van der Waals surface area contributed by atoms with E-state index >= 15 is 0 Å². The van der Waals surface area contributed by atoms with Gasteiger partial charge < -0.3 is 10.4 Å². The second kappa shape index (κ2) is 4.73. The lowest BCUT2D eigenvalue weighted by Crippen LogP contribution is -2.57. The molecule has 0 aromatic heterocycles. The van der Waals surface area contributed by atoms with E-state index in [-0.39, 0.29) is 5.91 Å². The predicted molar refractivity (Wildman–Crippen MR) is 73.8 cm³/mol. The van der Waals surface area contributed by atoms with Crippen molar-refractivity contribution < 1.29 is 9.90 Å². The quantitative estimate of drug-likeness (QED) is 0.865. The molecule has 0 atom stereocenters. The van der Waals surface area contributed by atoms with Crippen molar-refractivity contribution in [3.05, 3.63) is 34.9 Å². The summed E-state index contributed by atoms with van der Waals surface area (Å²) in [6, 6.07) is 5.78. The Morgan fingerprint density at radius 1 is 1.17 bits per heavy atom. The van der Waals surface area contributed by atoms with Crippen molar-refractivity contribution in [1.82, 2.24) is 5.32 Å². The third-order valence-electron chi connectivity index (χ3n) is 3.59. The van der Waals surface area contributed by atoms with Gasteiger partial charge in [0.15, 0.2) is 0 Å². The normalized spacial score (nSPS) is 12.4. The van der Waals surface area contributed by atoms with Gasteiger partial charge in [-0.25, -0.2) is 0 Å². The first-order valence-corrected chi connectivity index (χ1v) is 6.17. The van der Waals surface area contributed by atoms with Crippen LogP contribution in [0.3, 0.4) is 0 Å². The number of benzene rings is 1. The summed E-state index contributed by atoms with van der Waals surface area (Å²) < 4.78 is 0. The minimum absolute atomic E-state index is 0.150. The van der Waals surface area contributed by atoms with Gasteiger partial charge in [-0.1, -0.05) is 17.7 Å². The number of hydrogen-bond donors (Lipinski definition) is 2. The van der Waals surface area contributed by atoms with Crippen molar-refractivity contribution >= 4 is 5.91 Å². The molecule has 18 heavy (non-hydrogen) atoms. The van der Waals surface area contributed by atoms with Crippen molar-refractivity contribution in [3.63, 3.8) is 0 Å². The molecule has 0 heterocycles. The molecule has 0 aliphatic carbocycles. The molecule has 0 bridgehead atoms. The zero-order valence-electron chi connectivity index (χ0n) is 12.1. The largest absolute Gasteiger partial charge is 0.388 e. The fraction of sp³-hybridized carbons (Fsp3) is 0.533. The summed E-state index contributed by atoms with van der Waals surface area (Å²) in [4.78, 5) is 12.3. The zero-order valence-corrected chi connectivity index (χ0v) is 12.1. The SMILES string of the molecule is Cc1ccc(C)c(C(=O)NC(C)(C)C(C)(C)O)c1. The van der Waals surface area contributed by atoms with Gasteiger partial charge in [0.1, 0.15) is 0 Å². The minimum atomic E-state index is -0.986. The first kappa shape index (κ1) is 14.7. The number of aryl methyl sites for hydroxylation is 2. The molecule has 0 aliphatic rings. The van der Waals surface area contributed by atoms with Gasteiger partial charge in [-0.2, -0.15) is 0 Å². The molecule has 1 rings (SSSR count). The van der Waals surface area contributed by atoms with Crippen LogP contribution in [0.2, 0.25) is 0 Å². The molecular weight excluding hydrogens is 226 g/mol. The Morgan fingerprint density at radius 3 is 2.22 bits per heavy atom. The minimum Gasteiger partial charge on any atom is -0.388 e. The Balaban J connectivity index is 3.00. The van der Waals surface area contributed by atoms with Crippen molar-refractivity contribution in [2.75, 3.05) is 0 Å². The van der Waals surface area contributed by atoms with E-state index < -0.39 is 11.1 Å². The van der Waals surface area contributed by atoms with Gasteiger partial charge in [0.25, 0.3) is 5.91 Å². The van der Waals surface area contributed by atoms with Gasteiger partial charge in [0.2, 0.25) is 0 Å². The lowest BCUT2D eigenvalue weighted by molar-refractivity contribution is -0.00294. The highest BCUT2D eigenvalue weighted by atomic mass is 16.3. The fourth-order valence-corrected chi connectivity index (χ4v) is 1.48. The van der Waals surface area contributed by atoms with Crippen LogP contribution in [0.25, 0.3) is 0 Å². The molecule has 3 nitrogen and oxygen atoms in total. The molecule has 0 saturated carbocycles. The predicted octanol–water partition coefficient (Wildman–Crippen LogP) is 2.58. The number of amides is 1. The van der Waals surface area contributed by atoms with Gasteiger partial charge >= 0.3 is 0 Å². The van der Waals surface area contributed by atoms with Gasteiger partial charge in [0.05, 0.1) is 11.1 Å². The van der Waals surface area contributed by atoms with Crippen molar-refractivity contribution in [1.29, 1.82) is 0 Å². The summed E-state index contributed by atoms with van der Waals surface area (Å²) in [5.74, 6) is -0.150. The van der Waals surface area contributed by atoms with Crippen LogP contribution in [0, 0.1) is 13.8 Å². The standard InChI is InChI=1S/C15H23NO2/c1-10-7-8-11(2)12(9-10)13(17)16-14(3,4)15(5,6)18/h7-9,18H,1-6H3,(H,16,17). The Kier molecular flexibility index (Phi) is 3.86. The summed E-state index contributed by atoms with van der Waals surface area (Å²) in [7, 11) is 0. The number of hydrogen-bond acceptors (Lipinski definition) is 2. The smallest absolute Gasteiger partial charge is 0.252 e. The molecule has 0 aliphatic heterocycles. The Labute approximate surface area is 109 Å². The molecule has 1 amide bonds. The second-order valence-electron chi connectivity index (χ2n) is 5.96. The Morgan fingerprint density at radius 2 is 1.72 bits per heavy atom. The number of aliphatic hydroxyl groups is 1. The number of nitrogens with one attached hydrogen (secondary N) is 1.